The zero-order chi connectivity index (χ0) is 16.4. The number of carbonyl (C=O) groups excluding carboxylic acids is 2. The largest absolute Gasteiger partial charge is 0.365 e. The van der Waals surface area contributed by atoms with Crippen LogP contribution in [-0.4, -0.2) is 47.9 Å². The van der Waals surface area contributed by atoms with Gasteiger partial charge in [0.05, 0.1) is 10.4 Å². The molecule has 0 aliphatic carbocycles. The van der Waals surface area contributed by atoms with Gasteiger partial charge in [-0.25, -0.2) is 4.98 Å². The first kappa shape index (κ1) is 15.5. The molecule has 23 heavy (non-hydrogen) atoms. The molecule has 2 N–H and O–H groups in total. The first-order valence-corrected chi connectivity index (χ1v) is 8.29. The third kappa shape index (κ3) is 3.05. The molecular weight excluding hydrogens is 312 g/mol. The summed E-state index contributed by atoms with van der Waals surface area (Å²) in [6, 6.07) is 5.33. The van der Waals surface area contributed by atoms with Gasteiger partial charge in [0, 0.05) is 32.4 Å². The number of thiophene rings is 1. The van der Waals surface area contributed by atoms with Crippen molar-refractivity contribution in [2.45, 2.75) is 6.92 Å². The molecule has 1 aliphatic rings. The zero-order valence-electron chi connectivity index (χ0n) is 12.9. The highest BCUT2D eigenvalue weighted by Gasteiger charge is 2.26. The van der Waals surface area contributed by atoms with Gasteiger partial charge in [-0.3, -0.25) is 9.59 Å². The van der Waals surface area contributed by atoms with E-state index in [0.717, 1.165) is 10.4 Å². The van der Waals surface area contributed by atoms with Crippen LogP contribution in [0, 0.1) is 6.92 Å². The normalized spacial score (nSPS) is 14.8. The molecule has 0 spiro atoms. The molecule has 0 aromatic carbocycles. The Morgan fingerprint density at radius 2 is 1.96 bits per heavy atom. The van der Waals surface area contributed by atoms with Crippen molar-refractivity contribution in [2.75, 3.05) is 31.1 Å². The molecule has 3 heterocycles. The Bertz CT molecular complexity index is 735. The highest BCUT2D eigenvalue weighted by Crippen LogP contribution is 2.22. The van der Waals surface area contributed by atoms with E-state index in [1.54, 1.807) is 18.3 Å². The Morgan fingerprint density at radius 1 is 1.22 bits per heavy atom. The predicted molar refractivity (Wildman–Crippen MR) is 89.9 cm³/mol. The summed E-state index contributed by atoms with van der Waals surface area (Å²) in [6.07, 6.45) is 1.65. The summed E-state index contributed by atoms with van der Waals surface area (Å²) < 4.78 is 0. The van der Waals surface area contributed by atoms with Crippen LogP contribution in [0.15, 0.2) is 29.8 Å². The molecule has 2 aromatic heterocycles. The average Bonchev–Trinajstić information content (AvgIpc) is 3.00. The second kappa shape index (κ2) is 6.37. The summed E-state index contributed by atoms with van der Waals surface area (Å²) in [4.78, 5) is 33.0. The van der Waals surface area contributed by atoms with E-state index in [4.69, 9.17) is 5.73 Å². The molecule has 0 radical (unpaired) electrons. The van der Waals surface area contributed by atoms with E-state index in [2.05, 4.69) is 4.98 Å². The van der Waals surface area contributed by atoms with E-state index < -0.39 is 5.91 Å². The number of aryl methyl sites for hydroxylation is 1. The molecule has 1 saturated heterocycles. The number of nitrogens with two attached hydrogens (primary N) is 1. The van der Waals surface area contributed by atoms with E-state index >= 15 is 0 Å². The summed E-state index contributed by atoms with van der Waals surface area (Å²) in [5.74, 6) is 0.188. The number of aromatic nitrogens is 1. The molecule has 1 fully saturated rings. The summed E-state index contributed by atoms with van der Waals surface area (Å²) in [5.41, 5.74) is 6.84. The lowest BCUT2D eigenvalue weighted by atomic mass is 10.2. The van der Waals surface area contributed by atoms with Crippen molar-refractivity contribution in [3.8, 4) is 0 Å². The fraction of sp³-hybridized carbons (Fsp3) is 0.312. The summed E-state index contributed by atoms with van der Waals surface area (Å²) >= 11 is 1.48. The molecule has 0 bridgehead atoms. The number of carbonyl (C=O) groups is 2. The highest BCUT2D eigenvalue weighted by atomic mass is 32.1. The third-order valence-electron chi connectivity index (χ3n) is 3.97. The third-order valence-corrected chi connectivity index (χ3v) is 4.98. The standard InChI is InChI=1S/C16H18N4O2S/c1-11-4-10-23-13(11)16(22)20-8-6-19(7-9-20)15-12(14(17)21)3-2-5-18-15/h2-5,10H,6-9H2,1H3,(H2,17,21). The fourth-order valence-electron chi connectivity index (χ4n) is 2.70. The summed E-state index contributed by atoms with van der Waals surface area (Å²) in [7, 11) is 0. The number of nitrogens with zero attached hydrogens (tertiary/aromatic N) is 3. The Kier molecular flexibility index (Phi) is 4.29. The van der Waals surface area contributed by atoms with Crippen LogP contribution in [0.5, 0.6) is 0 Å². The number of amides is 2. The van der Waals surface area contributed by atoms with Crippen molar-refractivity contribution < 1.29 is 9.59 Å². The molecule has 7 heteroatoms. The predicted octanol–water partition coefficient (Wildman–Crippen LogP) is 1.51. The molecule has 0 atom stereocenters. The first-order valence-electron chi connectivity index (χ1n) is 7.41. The zero-order valence-corrected chi connectivity index (χ0v) is 13.7. The van der Waals surface area contributed by atoms with E-state index in [1.807, 2.05) is 28.2 Å². The first-order chi connectivity index (χ1) is 11.1. The Hall–Kier alpha value is -2.41. The molecular formula is C16H18N4O2S. The summed E-state index contributed by atoms with van der Waals surface area (Å²) in [6.45, 7) is 4.42. The van der Waals surface area contributed by atoms with Crippen LogP contribution in [0.3, 0.4) is 0 Å². The topological polar surface area (TPSA) is 79.5 Å². The van der Waals surface area contributed by atoms with Gasteiger partial charge in [-0.15, -0.1) is 11.3 Å². The molecule has 1 aliphatic heterocycles. The van der Waals surface area contributed by atoms with Crippen LogP contribution in [-0.2, 0) is 0 Å². The number of piperazine rings is 1. The molecule has 6 nitrogen and oxygen atoms in total. The minimum Gasteiger partial charge on any atom is -0.365 e. The van der Waals surface area contributed by atoms with E-state index in [0.29, 0.717) is 37.6 Å². The van der Waals surface area contributed by atoms with Gasteiger partial charge < -0.3 is 15.5 Å². The lowest BCUT2D eigenvalue weighted by Gasteiger charge is -2.35. The second-order valence-electron chi connectivity index (χ2n) is 5.45. The van der Waals surface area contributed by atoms with Crippen molar-refractivity contribution in [3.05, 3.63) is 45.8 Å². The maximum Gasteiger partial charge on any atom is 0.264 e. The number of rotatable bonds is 3. The number of hydrogen-bond acceptors (Lipinski definition) is 5. The Morgan fingerprint density at radius 3 is 2.57 bits per heavy atom. The smallest absolute Gasteiger partial charge is 0.264 e. The van der Waals surface area contributed by atoms with Crippen molar-refractivity contribution in [1.29, 1.82) is 0 Å². The van der Waals surface area contributed by atoms with Gasteiger partial charge in [0.1, 0.15) is 5.82 Å². The highest BCUT2D eigenvalue weighted by molar-refractivity contribution is 7.12. The van der Waals surface area contributed by atoms with Crippen LogP contribution in [0.25, 0.3) is 0 Å². The van der Waals surface area contributed by atoms with E-state index in [9.17, 15) is 9.59 Å². The van der Waals surface area contributed by atoms with Crippen molar-refractivity contribution >= 4 is 29.0 Å². The number of anilines is 1. The second-order valence-corrected chi connectivity index (χ2v) is 6.37. The quantitative estimate of drug-likeness (QED) is 0.925. The van der Waals surface area contributed by atoms with Crippen LogP contribution >= 0.6 is 11.3 Å². The van der Waals surface area contributed by atoms with Gasteiger partial charge in [-0.2, -0.15) is 0 Å². The summed E-state index contributed by atoms with van der Waals surface area (Å²) in [5, 5.41) is 1.94. The van der Waals surface area contributed by atoms with E-state index in [-0.39, 0.29) is 5.91 Å². The van der Waals surface area contributed by atoms with Crippen LogP contribution in [0.1, 0.15) is 25.6 Å². The van der Waals surface area contributed by atoms with Crippen molar-refractivity contribution in [1.82, 2.24) is 9.88 Å². The lowest BCUT2D eigenvalue weighted by molar-refractivity contribution is 0.0750. The molecule has 120 valence electrons. The van der Waals surface area contributed by atoms with Gasteiger partial charge in [0.25, 0.3) is 11.8 Å². The number of primary amides is 1. The average molecular weight is 330 g/mol. The maximum atomic E-state index is 12.5. The van der Waals surface area contributed by atoms with Crippen LogP contribution < -0.4 is 10.6 Å². The monoisotopic (exact) mass is 330 g/mol. The van der Waals surface area contributed by atoms with Crippen molar-refractivity contribution in [3.63, 3.8) is 0 Å². The van der Waals surface area contributed by atoms with Gasteiger partial charge in [0.15, 0.2) is 0 Å². The molecule has 0 saturated carbocycles. The van der Waals surface area contributed by atoms with Gasteiger partial charge in [-0.05, 0) is 36.1 Å². The Balaban J connectivity index is 1.71. The maximum absolute atomic E-state index is 12.5. The van der Waals surface area contributed by atoms with Crippen LogP contribution in [0.2, 0.25) is 0 Å². The molecule has 2 amide bonds. The number of pyridine rings is 1. The minimum absolute atomic E-state index is 0.0771. The van der Waals surface area contributed by atoms with Crippen molar-refractivity contribution in [2.24, 2.45) is 5.73 Å². The molecule has 3 rings (SSSR count). The van der Waals surface area contributed by atoms with Crippen LogP contribution in [0.4, 0.5) is 5.82 Å². The fourth-order valence-corrected chi connectivity index (χ4v) is 3.59. The molecule has 0 unspecified atom stereocenters. The van der Waals surface area contributed by atoms with Gasteiger partial charge in [0.2, 0.25) is 0 Å². The molecule has 2 aromatic rings. The number of hydrogen-bond donors (Lipinski definition) is 1. The van der Waals surface area contributed by atoms with Gasteiger partial charge in [-0.1, -0.05) is 0 Å². The SMILES string of the molecule is Cc1ccsc1C(=O)N1CCN(c2ncccc2C(N)=O)CC1. The lowest BCUT2D eigenvalue weighted by Crippen LogP contribution is -2.49. The minimum atomic E-state index is -0.485. The Labute approximate surface area is 138 Å². The van der Waals surface area contributed by atoms with E-state index in [1.165, 1.54) is 11.3 Å². The van der Waals surface area contributed by atoms with Gasteiger partial charge >= 0.3 is 0 Å².